The zero-order chi connectivity index (χ0) is 67.1. The van der Waals surface area contributed by atoms with Crippen LogP contribution in [0.5, 0.6) is 0 Å². The number of carbonyl (C=O) groups is 12. The number of alkyl carbamates (subject to hydrolysis) is 1. The molecule has 5 atom stereocenters. The predicted octanol–water partition coefficient (Wildman–Crippen LogP) is 10.6. The quantitative estimate of drug-likeness (QED) is 0.0293. The third-order valence-electron chi connectivity index (χ3n) is 12.5. The van der Waals surface area contributed by atoms with E-state index in [9.17, 15) is 57.5 Å². The van der Waals surface area contributed by atoms with Crippen molar-refractivity contribution >= 4 is 71.1 Å². The van der Waals surface area contributed by atoms with Crippen molar-refractivity contribution in [1.82, 2.24) is 16.0 Å². The average molecular weight is 1240 g/mol. The van der Waals surface area contributed by atoms with Gasteiger partial charge < -0.3 is 49.1 Å². The Balaban J connectivity index is 6.34. The van der Waals surface area contributed by atoms with Crippen molar-refractivity contribution in [3.63, 3.8) is 0 Å². The van der Waals surface area contributed by atoms with Crippen molar-refractivity contribution in [3.05, 3.63) is 0 Å². The number of ether oxygens (including phenoxy) is 7. The van der Waals surface area contributed by atoms with Gasteiger partial charge in [-0.1, -0.05) is 51.4 Å². The molecule has 0 unspecified atom stereocenters. The summed E-state index contributed by atoms with van der Waals surface area (Å²) in [4.78, 5) is 160. The Morgan fingerprint density at radius 2 is 0.655 bits per heavy atom. The van der Waals surface area contributed by atoms with E-state index in [1.807, 2.05) is 0 Å². The fourth-order valence-electron chi connectivity index (χ4n) is 8.61. The summed E-state index contributed by atoms with van der Waals surface area (Å²) >= 11 is 0. The molecule has 0 aromatic heterocycles. The molecule has 0 aliphatic rings. The minimum absolute atomic E-state index is 0.0453. The van der Waals surface area contributed by atoms with Crippen molar-refractivity contribution in [2.75, 3.05) is 7.11 Å². The van der Waals surface area contributed by atoms with Crippen molar-refractivity contribution in [2.45, 2.75) is 324 Å². The van der Waals surface area contributed by atoms with Gasteiger partial charge in [-0.15, -0.1) is 0 Å². The second kappa shape index (κ2) is 38.4. The van der Waals surface area contributed by atoms with Crippen molar-refractivity contribution in [1.29, 1.82) is 0 Å². The first kappa shape index (κ1) is 81.0. The van der Waals surface area contributed by atoms with E-state index in [0.29, 0.717) is 12.8 Å². The second-order valence-corrected chi connectivity index (χ2v) is 28.5. The Labute approximate surface area is 518 Å². The van der Waals surface area contributed by atoms with Crippen LogP contribution in [-0.2, 0) is 85.9 Å². The van der Waals surface area contributed by atoms with Gasteiger partial charge in [-0.2, -0.15) is 0 Å². The summed E-state index contributed by atoms with van der Waals surface area (Å²) in [5, 5.41) is 7.67. The number of Topliss-reactive ketones (excluding diaryl/α,β-unsaturated/α-hetero) is 3. The van der Waals surface area contributed by atoms with Crippen LogP contribution >= 0.6 is 0 Å². The summed E-state index contributed by atoms with van der Waals surface area (Å²) in [5.41, 5.74) is -5.69. The zero-order valence-corrected chi connectivity index (χ0v) is 56.4. The predicted molar refractivity (Wildman–Crippen MR) is 326 cm³/mol. The molecule has 3 N–H and O–H groups in total. The molecular weight excluding hydrogens is 1130 g/mol. The van der Waals surface area contributed by atoms with E-state index < -0.39 is 142 Å². The number of rotatable bonds is 39. The fraction of sp³-hybridized carbons (Fsp3) is 0.815. The Hall–Kier alpha value is -5.96. The molecule has 87 heavy (non-hydrogen) atoms. The lowest BCUT2D eigenvalue weighted by atomic mass is 9.93. The van der Waals surface area contributed by atoms with Gasteiger partial charge in [-0.05, 0) is 163 Å². The normalized spacial score (nSPS) is 13.9. The van der Waals surface area contributed by atoms with E-state index in [4.69, 9.17) is 28.4 Å². The summed E-state index contributed by atoms with van der Waals surface area (Å²) in [7, 11) is 1.38. The fourth-order valence-corrected chi connectivity index (χ4v) is 8.61. The van der Waals surface area contributed by atoms with Crippen LogP contribution in [0.25, 0.3) is 0 Å². The summed E-state index contributed by atoms with van der Waals surface area (Å²) in [6.45, 7) is 29.6. The SMILES string of the molecule is COC(=O)CCCCCCCCCCCCC(=O)C[C@H](NC(=O)OC(C)(C)C)C(=O)N[C@@H](CCC(=O)C[C@@H](CCC(=O)N[C@@H](CCC(=O)C[C@@H](CCC(=O)OC(C)(C)C)C(=O)OC(C)(C)C)C(=O)OC(C)(C)C)C(=O)OC(C)(C)C)C(=O)OC(C)(C)C. The molecule has 0 radical (unpaired) electrons. The highest BCUT2D eigenvalue weighted by atomic mass is 16.6. The molecule has 3 amide bonds. The summed E-state index contributed by atoms with van der Waals surface area (Å²) in [5.74, 6) is -9.21. The third-order valence-corrected chi connectivity index (χ3v) is 12.5. The van der Waals surface area contributed by atoms with E-state index in [1.165, 1.54) is 7.11 Å². The number of nitrogens with one attached hydrogen (secondary N) is 3. The molecule has 0 aliphatic carbocycles. The number of carbonyl (C=O) groups excluding carboxylic acids is 12. The highest BCUT2D eigenvalue weighted by molar-refractivity contribution is 5.94. The zero-order valence-electron chi connectivity index (χ0n) is 56.4. The number of amides is 3. The standard InChI is InChI=1S/C65H111N3O19/c1-60(2,3)82-53(74)39-33-44(56(77)84-62(7,8)9)41-46(70)34-36-48(57(78)85-63(10,11)12)66-51(72)38-32-43(55(76)83-61(4,5)6)40-47(71)35-37-49(58(79)86-64(13,14)15)67-54(75)50(68-59(80)87-65(16,17)18)42-45(69)30-28-26-24-22-20-21-23-25-27-29-31-52(73)81-19/h43-44,48-50H,20-42H2,1-19H3,(H,66,72)(H,67,75)(H,68,80)/t43-,44-,48+,49+,50+/m1/s1. The summed E-state index contributed by atoms with van der Waals surface area (Å²) < 4.78 is 37.9. The average Bonchev–Trinajstić information content (AvgIpc) is 3.53. The Kier molecular flexibility index (Phi) is 35.8. The Morgan fingerprint density at radius 3 is 1.05 bits per heavy atom. The molecule has 0 heterocycles. The molecule has 0 bridgehead atoms. The van der Waals surface area contributed by atoms with E-state index >= 15 is 0 Å². The van der Waals surface area contributed by atoms with Gasteiger partial charge in [-0.3, -0.25) is 43.2 Å². The van der Waals surface area contributed by atoms with Crippen LogP contribution in [0.3, 0.4) is 0 Å². The van der Waals surface area contributed by atoms with E-state index in [2.05, 4.69) is 20.7 Å². The van der Waals surface area contributed by atoms with Crippen LogP contribution in [0.2, 0.25) is 0 Å². The maximum atomic E-state index is 14.1. The van der Waals surface area contributed by atoms with Gasteiger partial charge >= 0.3 is 41.9 Å². The Morgan fingerprint density at radius 1 is 0.310 bits per heavy atom. The van der Waals surface area contributed by atoms with Crippen LogP contribution in [0.4, 0.5) is 4.79 Å². The van der Waals surface area contributed by atoms with Gasteiger partial charge in [0.1, 0.15) is 69.1 Å². The van der Waals surface area contributed by atoms with Gasteiger partial charge in [0, 0.05) is 57.8 Å². The third kappa shape index (κ3) is 44.2. The first-order chi connectivity index (χ1) is 39.8. The molecule has 0 aromatic carbocycles. The lowest BCUT2D eigenvalue weighted by Crippen LogP contribution is -2.53. The number of unbranched alkanes of at least 4 members (excludes halogenated alkanes) is 9. The van der Waals surface area contributed by atoms with E-state index in [1.54, 1.807) is 125 Å². The van der Waals surface area contributed by atoms with Crippen LogP contribution in [0, 0.1) is 11.8 Å². The first-order valence-corrected chi connectivity index (χ1v) is 31.1. The van der Waals surface area contributed by atoms with Crippen molar-refractivity contribution < 1.29 is 90.7 Å². The smallest absolute Gasteiger partial charge is 0.408 e. The molecule has 0 aromatic rings. The second-order valence-electron chi connectivity index (χ2n) is 28.5. The number of esters is 6. The Bertz CT molecular complexity index is 2250. The van der Waals surface area contributed by atoms with Crippen molar-refractivity contribution in [3.8, 4) is 0 Å². The molecule has 22 heteroatoms. The van der Waals surface area contributed by atoms with E-state index in [-0.39, 0.29) is 69.5 Å². The van der Waals surface area contributed by atoms with E-state index in [0.717, 1.165) is 57.8 Å². The van der Waals surface area contributed by atoms with Crippen molar-refractivity contribution in [2.24, 2.45) is 11.8 Å². The number of ketones is 3. The van der Waals surface area contributed by atoms with Gasteiger partial charge in [0.2, 0.25) is 11.8 Å². The lowest BCUT2D eigenvalue weighted by molar-refractivity contribution is -0.163. The maximum Gasteiger partial charge on any atom is 0.408 e. The van der Waals surface area contributed by atoms with Crippen LogP contribution < -0.4 is 16.0 Å². The largest absolute Gasteiger partial charge is 0.469 e. The molecule has 0 rings (SSSR count). The lowest BCUT2D eigenvalue weighted by Gasteiger charge is -2.27. The number of methoxy groups -OCH3 is 1. The molecule has 500 valence electrons. The summed E-state index contributed by atoms with van der Waals surface area (Å²) in [6.07, 6.45) is 5.49. The number of hydrogen-bond donors (Lipinski definition) is 3. The highest BCUT2D eigenvalue weighted by Gasteiger charge is 2.36. The molecule has 0 spiro atoms. The molecule has 0 fully saturated rings. The van der Waals surface area contributed by atoms with Crippen LogP contribution in [0.15, 0.2) is 0 Å². The van der Waals surface area contributed by atoms with Gasteiger partial charge in [0.05, 0.1) is 18.9 Å². The maximum absolute atomic E-state index is 14.1. The minimum Gasteiger partial charge on any atom is -0.469 e. The topological polar surface area (TPSA) is 306 Å². The monoisotopic (exact) mass is 1240 g/mol. The molecule has 0 aliphatic heterocycles. The van der Waals surface area contributed by atoms with Gasteiger partial charge in [0.15, 0.2) is 0 Å². The van der Waals surface area contributed by atoms with Gasteiger partial charge in [-0.25, -0.2) is 14.4 Å². The molecular formula is C65H111N3O19. The van der Waals surface area contributed by atoms with Crippen LogP contribution in [0.1, 0.15) is 272 Å². The van der Waals surface area contributed by atoms with Gasteiger partial charge in [0.25, 0.3) is 0 Å². The van der Waals surface area contributed by atoms with Crippen LogP contribution in [-0.4, -0.2) is 130 Å². The highest BCUT2D eigenvalue weighted by Crippen LogP contribution is 2.25. The molecule has 0 saturated carbocycles. The molecule has 22 nitrogen and oxygen atoms in total. The first-order valence-electron chi connectivity index (χ1n) is 31.1. The molecule has 0 saturated heterocycles. The summed E-state index contributed by atoms with van der Waals surface area (Å²) in [6, 6.07) is -4.31. The minimum atomic E-state index is -1.47. The number of hydrogen-bond acceptors (Lipinski definition) is 19.